The molecule has 1 aliphatic rings. The highest BCUT2D eigenvalue weighted by Gasteiger charge is 2.19. The SMILES string of the molecule is COc1ccc(OC)c(-c2cc(C(=O)Nc3cc(N4CCN(C)CC4)ncn3)n(C)n2)c1. The molecule has 1 fully saturated rings. The lowest BCUT2D eigenvalue weighted by atomic mass is 10.1. The van der Waals surface area contributed by atoms with Crippen molar-refractivity contribution >= 4 is 17.5 Å². The zero-order chi connectivity index (χ0) is 22.7. The average Bonchev–Trinajstić information content (AvgIpc) is 3.21. The van der Waals surface area contributed by atoms with Crippen LogP contribution in [0.5, 0.6) is 11.5 Å². The number of carbonyl (C=O) groups is 1. The van der Waals surface area contributed by atoms with Gasteiger partial charge >= 0.3 is 0 Å². The first kappa shape index (κ1) is 21.6. The van der Waals surface area contributed by atoms with Crippen LogP contribution >= 0.6 is 0 Å². The Labute approximate surface area is 186 Å². The number of carbonyl (C=O) groups excluding carboxylic acids is 1. The number of likely N-dealkylation sites (N-methyl/N-ethyl adjacent to an activating group) is 1. The van der Waals surface area contributed by atoms with Crippen molar-refractivity contribution in [3.05, 3.63) is 42.4 Å². The van der Waals surface area contributed by atoms with E-state index in [4.69, 9.17) is 9.47 Å². The first-order chi connectivity index (χ1) is 15.5. The van der Waals surface area contributed by atoms with Crippen LogP contribution in [0.25, 0.3) is 11.3 Å². The molecular formula is C22H27N7O3. The fraction of sp³-hybridized carbons (Fsp3) is 0.364. The molecular weight excluding hydrogens is 410 g/mol. The van der Waals surface area contributed by atoms with Gasteiger partial charge in [0.1, 0.15) is 35.2 Å². The van der Waals surface area contributed by atoms with E-state index in [0.29, 0.717) is 28.7 Å². The Balaban J connectivity index is 1.54. The molecule has 10 heteroatoms. The summed E-state index contributed by atoms with van der Waals surface area (Å²) in [4.78, 5) is 26.0. The molecule has 10 nitrogen and oxygen atoms in total. The molecule has 0 atom stereocenters. The predicted molar refractivity (Wildman–Crippen MR) is 121 cm³/mol. The molecule has 0 spiro atoms. The van der Waals surface area contributed by atoms with E-state index < -0.39 is 0 Å². The lowest BCUT2D eigenvalue weighted by molar-refractivity contribution is 0.101. The Hall–Kier alpha value is -3.66. The largest absolute Gasteiger partial charge is 0.497 e. The molecule has 3 aromatic rings. The molecule has 0 unspecified atom stereocenters. The van der Waals surface area contributed by atoms with Gasteiger partial charge in [-0.05, 0) is 31.3 Å². The molecule has 1 saturated heterocycles. The minimum absolute atomic E-state index is 0.309. The lowest BCUT2D eigenvalue weighted by Gasteiger charge is -2.33. The van der Waals surface area contributed by atoms with Gasteiger partial charge in [0.15, 0.2) is 0 Å². The van der Waals surface area contributed by atoms with Gasteiger partial charge < -0.3 is 24.6 Å². The maximum Gasteiger partial charge on any atom is 0.275 e. The molecule has 1 N–H and O–H groups in total. The summed E-state index contributed by atoms with van der Waals surface area (Å²) >= 11 is 0. The zero-order valence-electron chi connectivity index (χ0n) is 18.7. The highest BCUT2D eigenvalue weighted by molar-refractivity contribution is 6.03. The third-order valence-electron chi connectivity index (χ3n) is 5.52. The molecule has 1 amide bonds. The number of aromatic nitrogens is 4. The second-order valence-corrected chi connectivity index (χ2v) is 7.61. The van der Waals surface area contributed by atoms with E-state index in [9.17, 15) is 4.79 Å². The molecule has 0 radical (unpaired) electrons. The standard InChI is InChI=1S/C22H27N7O3/c1-27-7-9-29(10-8-27)21-13-20(23-14-24-21)25-22(30)18-12-17(26-28(18)2)16-11-15(31-3)5-6-19(16)32-4/h5-6,11-14H,7-10H2,1-4H3,(H,23,24,25,30). The highest BCUT2D eigenvalue weighted by Crippen LogP contribution is 2.33. The summed E-state index contributed by atoms with van der Waals surface area (Å²) in [5.74, 6) is 2.25. The molecule has 0 saturated carbocycles. The first-order valence-corrected chi connectivity index (χ1v) is 10.3. The summed E-state index contributed by atoms with van der Waals surface area (Å²) in [5.41, 5.74) is 1.74. The van der Waals surface area contributed by atoms with Crippen LogP contribution < -0.4 is 19.7 Å². The van der Waals surface area contributed by atoms with Gasteiger partial charge in [-0.1, -0.05) is 0 Å². The van der Waals surface area contributed by atoms with Crippen LogP contribution in [0.1, 0.15) is 10.5 Å². The molecule has 0 aliphatic carbocycles. The quantitative estimate of drug-likeness (QED) is 0.625. The van der Waals surface area contributed by atoms with Crippen molar-refractivity contribution in [3.8, 4) is 22.8 Å². The molecule has 168 valence electrons. The molecule has 1 aromatic carbocycles. The molecule has 0 bridgehead atoms. The smallest absolute Gasteiger partial charge is 0.275 e. The number of anilines is 2. The van der Waals surface area contributed by atoms with E-state index in [1.165, 1.54) is 11.0 Å². The summed E-state index contributed by atoms with van der Waals surface area (Å²) in [5, 5.41) is 7.36. The van der Waals surface area contributed by atoms with Crippen molar-refractivity contribution in [2.75, 3.05) is 57.7 Å². The highest BCUT2D eigenvalue weighted by atomic mass is 16.5. The number of benzene rings is 1. The Morgan fingerprint density at radius 2 is 1.78 bits per heavy atom. The van der Waals surface area contributed by atoms with Crippen LogP contribution in [0.4, 0.5) is 11.6 Å². The van der Waals surface area contributed by atoms with Crippen LogP contribution in [-0.4, -0.2) is 78.0 Å². The van der Waals surface area contributed by atoms with Crippen LogP contribution in [0, 0.1) is 0 Å². The number of hydrogen-bond donors (Lipinski definition) is 1. The van der Waals surface area contributed by atoms with Crippen molar-refractivity contribution in [2.45, 2.75) is 0 Å². The van der Waals surface area contributed by atoms with Crippen LogP contribution in [0.2, 0.25) is 0 Å². The minimum atomic E-state index is -0.309. The number of piperazine rings is 1. The van der Waals surface area contributed by atoms with Crippen molar-refractivity contribution in [1.82, 2.24) is 24.6 Å². The minimum Gasteiger partial charge on any atom is -0.497 e. The number of rotatable bonds is 6. The Kier molecular flexibility index (Phi) is 6.22. The van der Waals surface area contributed by atoms with E-state index in [2.05, 4.69) is 37.2 Å². The van der Waals surface area contributed by atoms with Crippen molar-refractivity contribution in [1.29, 1.82) is 0 Å². The number of aryl methyl sites for hydroxylation is 1. The molecule has 1 aliphatic heterocycles. The van der Waals surface area contributed by atoms with E-state index >= 15 is 0 Å². The van der Waals surface area contributed by atoms with Crippen LogP contribution in [0.15, 0.2) is 36.7 Å². The normalized spacial score (nSPS) is 14.3. The van der Waals surface area contributed by atoms with E-state index in [0.717, 1.165) is 37.6 Å². The van der Waals surface area contributed by atoms with Gasteiger partial charge in [0, 0.05) is 44.9 Å². The third kappa shape index (κ3) is 4.50. The fourth-order valence-corrected chi connectivity index (χ4v) is 3.63. The van der Waals surface area contributed by atoms with Crippen molar-refractivity contribution in [3.63, 3.8) is 0 Å². The Morgan fingerprint density at radius 1 is 1.00 bits per heavy atom. The number of methoxy groups -OCH3 is 2. The van der Waals surface area contributed by atoms with Gasteiger partial charge in [-0.3, -0.25) is 9.48 Å². The first-order valence-electron chi connectivity index (χ1n) is 10.3. The number of nitrogens with one attached hydrogen (secondary N) is 1. The summed E-state index contributed by atoms with van der Waals surface area (Å²) in [7, 11) is 7.02. The lowest BCUT2D eigenvalue weighted by Crippen LogP contribution is -2.44. The summed E-state index contributed by atoms with van der Waals surface area (Å²) < 4.78 is 12.3. The van der Waals surface area contributed by atoms with Crippen LogP contribution in [0.3, 0.4) is 0 Å². The average molecular weight is 438 g/mol. The van der Waals surface area contributed by atoms with Gasteiger partial charge in [-0.25, -0.2) is 9.97 Å². The monoisotopic (exact) mass is 437 g/mol. The van der Waals surface area contributed by atoms with Crippen molar-refractivity contribution in [2.24, 2.45) is 7.05 Å². The van der Waals surface area contributed by atoms with Gasteiger partial charge in [-0.2, -0.15) is 5.10 Å². The van der Waals surface area contributed by atoms with Gasteiger partial charge in [-0.15, -0.1) is 0 Å². The second kappa shape index (κ2) is 9.23. The Morgan fingerprint density at radius 3 is 2.50 bits per heavy atom. The second-order valence-electron chi connectivity index (χ2n) is 7.61. The summed E-state index contributed by atoms with van der Waals surface area (Å²) in [6, 6.07) is 8.96. The van der Waals surface area contributed by atoms with E-state index in [1.54, 1.807) is 33.4 Å². The summed E-state index contributed by atoms with van der Waals surface area (Å²) in [6.45, 7) is 3.71. The molecule has 2 aromatic heterocycles. The number of amides is 1. The zero-order valence-corrected chi connectivity index (χ0v) is 18.7. The van der Waals surface area contributed by atoms with Crippen LogP contribution in [-0.2, 0) is 7.05 Å². The maximum absolute atomic E-state index is 13.0. The topological polar surface area (TPSA) is 97.6 Å². The van der Waals surface area contributed by atoms with Gasteiger partial charge in [0.05, 0.1) is 19.9 Å². The Bertz CT molecular complexity index is 1110. The van der Waals surface area contributed by atoms with E-state index in [1.807, 2.05) is 18.2 Å². The fourth-order valence-electron chi connectivity index (χ4n) is 3.63. The summed E-state index contributed by atoms with van der Waals surface area (Å²) in [6.07, 6.45) is 1.47. The number of ether oxygens (including phenoxy) is 2. The predicted octanol–water partition coefficient (Wildman–Crippen LogP) is 1.90. The molecule has 3 heterocycles. The van der Waals surface area contributed by atoms with Gasteiger partial charge in [0.2, 0.25) is 0 Å². The molecule has 4 rings (SSSR count). The third-order valence-corrected chi connectivity index (χ3v) is 5.52. The molecule has 32 heavy (non-hydrogen) atoms. The number of hydrogen-bond acceptors (Lipinski definition) is 8. The van der Waals surface area contributed by atoms with E-state index in [-0.39, 0.29) is 5.91 Å². The van der Waals surface area contributed by atoms with Gasteiger partial charge in [0.25, 0.3) is 5.91 Å². The van der Waals surface area contributed by atoms with Crippen molar-refractivity contribution < 1.29 is 14.3 Å². The maximum atomic E-state index is 13.0. The number of nitrogens with zero attached hydrogens (tertiary/aromatic N) is 6.